The third kappa shape index (κ3) is 2.09. The number of anilines is 1. The highest BCUT2D eigenvalue weighted by Gasteiger charge is 2.17. The second kappa shape index (κ2) is 3.01. The highest BCUT2D eigenvalue weighted by Crippen LogP contribution is 2.33. The van der Waals surface area contributed by atoms with Crippen LogP contribution in [0, 0.1) is 0 Å². The molecular weight excluding hydrogens is 249 g/mol. The first kappa shape index (κ1) is 8.84. The van der Waals surface area contributed by atoms with Gasteiger partial charge in [-0.2, -0.15) is 0 Å². The van der Waals surface area contributed by atoms with Crippen molar-refractivity contribution in [1.82, 2.24) is 0 Å². The van der Waals surface area contributed by atoms with Gasteiger partial charge in [0.1, 0.15) is 0 Å². The summed E-state index contributed by atoms with van der Waals surface area (Å²) in [6, 6.07) is 7.99. The Morgan fingerprint density at radius 1 is 1.27 bits per heavy atom. The molecule has 2 heteroatoms. The Morgan fingerprint density at radius 2 is 1.82 bits per heavy atom. The fraction of sp³-hybridized carbons (Fsp3) is 0.333. The summed E-state index contributed by atoms with van der Waals surface area (Å²) in [5.74, 6) is 0. The third-order valence-electron chi connectivity index (χ3n) is 1.60. The molecule has 1 rings (SSSR count). The van der Waals surface area contributed by atoms with E-state index in [1.54, 1.807) is 0 Å². The molecule has 0 aliphatic heterocycles. The van der Waals surface area contributed by atoms with Gasteiger partial charge in [-0.15, -0.1) is 0 Å². The van der Waals surface area contributed by atoms with Crippen LogP contribution in [0.3, 0.4) is 0 Å². The largest absolute Gasteiger partial charge is 0.398 e. The van der Waals surface area contributed by atoms with Crippen LogP contribution in [0.1, 0.15) is 19.4 Å². The first-order valence-corrected chi connectivity index (χ1v) is 4.63. The van der Waals surface area contributed by atoms with Gasteiger partial charge in [0.05, 0.1) is 0 Å². The predicted octanol–water partition coefficient (Wildman–Crippen LogP) is 2.94. The summed E-state index contributed by atoms with van der Waals surface area (Å²) in [6.07, 6.45) is 0. The van der Waals surface area contributed by atoms with Gasteiger partial charge in [-0.05, 0) is 25.5 Å². The maximum atomic E-state index is 5.80. The van der Waals surface area contributed by atoms with Gasteiger partial charge in [0.2, 0.25) is 0 Å². The summed E-state index contributed by atoms with van der Waals surface area (Å²) < 4.78 is 0.128. The summed E-state index contributed by atoms with van der Waals surface area (Å²) >= 11 is 2.39. The molecule has 0 radical (unpaired) electrons. The zero-order valence-electron chi connectivity index (χ0n) is 6.76. The average Bonchev–Trinajstić information content (AvgIpc) is 1.86. The summed E-state index contributed by atoms with van der Waals surface area (Å²) in [5, 5.41) is 0. The standard InChI is InChI=1S/C9H12IN/c1-9(2,10)7-5-3-4-6-8(7)11/h3-6H,11H2,1-2H3. The van der Waals surface area contributed by atoms with Crippen LogP contribution in [0.4, 0.5) is 5.69 Å². The molecule has 0 aliphatic carbocycles. The van der Waals surface area contributed by atoms with Gasteiger partial charge < -0.3 is 5.73 Å². The summed E-state index contributed by atoms with van der Waals surface area (Å²) in [7, 11) is 0. The van der Waals surface area contributed by atoms with Gasteiger partial charge in [0, 0.05) is 9.11 Å². The summed E-state index contributed by atoms with van der Waals surface area (Å²) in [5.41, 5.74) is 7.89. The van der Waals surface area contributed by atoms with Crippen molar-refractivity contribution >= 4 is 28.3 Å². The van der Waals surface area contributed by atoms with Crippen molar-refractivity contribution < 1.29 is 0 Å². The zero-order valence-corrected chi connectivity index (χ0v) is 8.92. The number of benzene rings is 1. The first-order valence-electron chi connectivity index (χ1n) is 3.56. The third-order valence-corrected chi connectivity index (χ3v) is 2.18. The fourth-order valence-electron chi connectivity index (χ4n) is 1.04. The van der Waals surface area contributed by atoms with Gasteiger partial charge in [-0.3, -0.25) is 0 Å². The van der Waals surface area contributed by atoms with E-state index in [0.717, 1.165) is 5.69 Å². The van der Waals surface area contributed by atoms with Gasteiger partial charge in [0.25, 0.3) is 0 Å². The molecule has 0 heterocycles. The monoisotopic (exact) mass is 261 g/mol. The Morgan fingerprint density at radius 3 is 2.18 bits per heavy atom. The number of nitrogen functional groups attached to an aromatic ring is 1. The lowest BCUT2D eigenvalue weighted by Gasteiger charge is -2.18. The quantitative estimate of drug-likeness (QED) is 0.469. The minimum Gasteiger partial charge on any atom is -0.398 e. The molecule has 0 unspecified atom stereocenters. The first-order chi connectivity index (χ1) is 5.02. The van der Waals surface area contributed by atoms with E-state index >= 15 is 0 Å². The Labute approximate surface area is 81.1 Å². The molecule has 0 atom stereocenters. The van der Waals surface area contributed by atoms with E-state index < -0.39 is 0 Å². The second-order valence-electron chi connectivity index (χ2n) is 3.06. The van der Waals surface area contributed by atoms with Gasteiger partial charge in [0.15, 0.2) is 0 Å². The smallest absolute Gasteiger partial charge is 0.0434 e. The maximum Gasteiger partial charge on any atom is 0.0434 e. The Balaban J connectivity index is 3.14. The molecule has 1 nitrogen and oxygen atoms in total. The lowest BCUT2D eigenvalue weighted by Crippen LogP contribution is -2.09. The van der Waals surface area contributed by atoms with Crippen molar-refractivity contribution in [3.05, 3.63) is 29.8 Å². The van der Waals surface area contributed by atoms with Crippen LogP contribution in [0.5, 0.6) is 0 Å². The van der Waals surface area contributed by atoms with Gasteiger partial charge in [-0.25, -0.2) is 0 Å². The molecule has 11 heavy (non-hydrogen) atoms. The topological polar surface area (TPSA) is 26.0 Å². The number of rotatable bonds is 1. The van der Waals surface area contributed by atoms with Crippen LogP contribution < -0.4 is 5.73 Å². The molecule has 1 aromatic rings. The molecule has 0 aliphatic rings. The van der Waals surface area contributed by atoms with Crippen molar-refractivity contribution in [3.8, 4) is 0 Å². The average molecular weight is 261 g/mol. The molecule has 0 saturated carbocycles. The van der Waals surface area contributed by atoms with Crippen molar-refractivity contribution in [1.29, 1.82) is 0 Å². The molecule has 0 amide bonds. The van der Waals surface area contributed by atoms with Crippen LogP contribution >= 0.6 is 22.6 Å². The van der Waals surface area contributed by atoms with E-state index in [1.165, 1.54) is 5.56 Å². The van der Waals surface area contributed by atoms with E-state index in [1.807, 2.05) is 18.2 Å². The number of nitrogens with two attached hydrogens (primary N) is 1. The van der Waals surface area contributed by atoms with E-state index in [2.05, 4.69) is 42.5 Å². The molecule has 1 aromatic carbocycles. The van der Waals surface area contributed by atoms with Crippen molar-refractivity contribution in [2.45, 2.75) is 17.3 Å². The molecule has 0 saturated heterocycles. The normalized spacial score (nSPS) is 11.5. The van der Waals surface area contributed by atoms with E-state index in [-0.39, 0.29) is 3.42 Å². The molecule has 0 aromatic heterocycles. The van der Waals surface area contributed by atoms with Crippen molar-refractivity contribution in [2.75, 3.05) is 5.73 Å². The van der Waals surface area contributed by atoms with Crippen molar-refractivity contribution in [3.63, 3.8) is 0 Å². The zero-order chi connectivity index (χ0) is 8.48. The van der Waals surface area contributed by atoms with Crippen LogP contribution in [-0.4, -0.2) is 0 Å². The molecular formula is C9H12IN. The van der Waals surface area contributed by atoms with Crippen LogP contribution in [0.25, 0.3) is 0 Å². The second-order valence-corrected chi connectivity index (χ2v) is 5.76. The highest BCUT2D eigenvalue weighted by molar-refractivity contribution is 14.1. The molecule has 60 valence electrons. The lowest BCUT2D eigenvalue weighted by atomic mass is 10.0. The van der Waals surface area contributed by atoms with E-state index in [4.69, 9.17) is 5.73 Å². The Kier molecular flexibility index (Phi) is 2.42. The number of alkyl halides is 1. The highest BCUT2D eigenvalue weighted by atomic mass is 127. The minimum atomic E-state index is 0.128. The van der Waals surface area contributed by atoms with Crippen LogP contribution in [-0.2, 0) is 3.42 Å². The number of hydrogen-bond donors (Lipinski definition) is 1. The molecule has 2 N–H and O–H groups in total. The number of halogens is 1. The Hall–Kier alpha value is -0.250. The lowest BCUT2D eigenvalue weighted by molar-refractivity contribution is 0.830. The van der Waals surface area contributed by atoms with Crippen LogP contribution in [0.2, 0.25) is 0 Å². The maximum absolute atomic E-state index is 5.80. The van der Waals surface area contributed by atoms with Gasteiger partial charge >= 0.3 is 0 Å². The molecule has 0 bridgehead atoms. The molecule has 0 fully saturated rings. The van der Waals surface area contributed by atoms with Crippen molar-refractivity contribution in [2.24, 2.45) is 0 Å². The predicted molar refractivity (Wildman–Crippen MR) is 57.9 cm³/mol. The van der Waals surface area contributed by atoms with E-state index in [9.17, 15) is 0 Å². The summed E-state index contributed by atoms with van der Waals surface area (Å²) in [4.78, 5) is 0. The Bertz CT molecular complexity index is 250. The summed E-state index contributed by atoms with van der Waals surface area (Å²) in [6.45, 7) is 4.30. The number of para-hydroxylation sites is 1. The van der Waals surface area contributed by atoms with Gasteiger partial charge in [-0.1, -0.05) is 40.8 Å². The fourth-order valence-corrected chi connectivity index (χ4v) is 1.53. The van der Waals surface area contributed by atoms with E-state index in [0.29, 0.717) is 0 Å². The number of hydrogen-bond acceptors (Lipinski definition) is 1. The molecule has 0 spiro atoms. The SMILES string of the molecule is CC(C)(I)c1ccccc1N. The minimum absolute atomic E-state index is 0.128. The van der Waals surface area contributed by atoms with Crippen LogP contribution in [0.15, 0.2) is 24.3 Å².